The molecule has 0 spiro atoms. The van der Waals surface area contributed by atoms with E-state index in [1.165, 1.54) is 22.8 Å². The van der Waals surface area contributed by atoms with Gasteiger partial charge in [-0.05, 0) is 55.5 Å². The van der Waals surface area contributed by atoms with Crippen molar-refractivity contribution in [3.05, 3.63) is 52.1 Å². The number of aliphatic carboxylic acids is 1. The molecular formula is C23H30FN3O5. The van der Waals surface area contributed by atoms with Gasteiger partial charge in [0.25, 0.3) is 11.8 Å². The number of carboxylic acids is 1. The van der Waals surface area contributed by atoms with Crippen molar-refractivity contribution in [2.24, 2.45) is 12.5 Å². The summed E-state index contributed by atoms with van der Waals surface area (Å²) in [5.41, 5.74) is 1.34. The molecule has 1 heterocycles. The Morgan fingerprint density at radius 3 is 2.22 bits per heavy atom. The Kier molecular flexibility index (Phi) is 7.14. The van der Waals surface area contributed by atoms with Crippen LogP contribution in [0.5, 0.6) is 0 Å². The smallest absolute Gasteiger partial charge is 0.326 e. The van der Waals surface area contributed by atoms with E-state index in [0.29, 0.717) is 22.5 Å². The molecule has 8 nitrogen and oxygen atoms in total. The van der Waals surface area contributed by atoms with Crippen molar-refractivity contribution in [3.8, 4) is 0 Å². The number of nitrogens with zero attached hydrogens (tertiary/aromatic N) is 1. The van der Waals surface area contributed by atoms with E-state index >= 15 is 0 Å². The summed E-state index contributed by atoms with van der Waals surface area (Å²) in [6.07, 6.45) is -1.68. The van der Waals surface area contributed by atoms with Gasteiger partial charge in [0.2, 0.25) is 0 Å². The number of aryl methyl sites for hydroxylation is 1. The molecule has 0 fully saturated rings. The molecule has 1 aromatic carbocycles. The number of amides is 2. The van der Waals surface area contributed by atoms with E-state index in [2.05, 4.69) is 10.6 Å². The van der Waals surface area contributed by atoms with Crippen LogP contribution in [0.1, 0.15) is 59.7 Å². The Morgan fingerprint density at radius 1 is 1.12 bits per heavy atom. The predicted octanol–water partition coefficient (Wildman–Crippen LogP) is 2.99. The Labute approximate surface area is 186 Å². The predicted molar refractivity (Wildman–Crippen MR) is 118 cm³/mol. The van der Waals surface area contributed by atoms with Crippen LogP contribution in [0.2, 0.25) is 0 Å². The monoisotopic (exact) mass is 447 g/mol. The van der Waals surface area contributed by atoms with Gasteiger partial charge >= 0.3 is 5.97 Å². The first kappa shape index (κ1) is 25.1. The van der Waals surface area contributed by atoms with E-state index in [-0.39, 0.29) is 17.1 Å². The minimum Gasteiger partial charge on any atom is -0.480 e. The molecule has 0 bridgehead atoms. The number of halogens is 1. The fourth-order valence-electron chi connectivity index (χ4n) is 3.63. The van der Waals surface area contributed by atoms with Crippen LogP contribution in [0.4, 0.5) is 10.1 Å². The molecule has 0 radical (unpaired) electrons. The average molecular weight is 448 g/mol. The summed E-state index contributed by atoms with van der Waals surface area (Å²) in [4.78, 5) is 37.2. The highest BCUT2D eigenvalue weighted by Crippen LogP contribution is 2.28. The van der Waals surface area contributed by atoms with Crippen molar-refractivity contribution in [1.82, 2.24) is 9.88 Å². The van der Waals surface area contributed by atoms with Crippen molar-refractivity contribution in [3.63, 3.8) is 0 Å². The topological polar surface area (TPSA) is 121 Å². The van der Waals surface area contributed by atoms with Crippen LogP contribution in [0.25, 0.3) is 0 Å². The number of aliphatic hydroxyl groups is 1. The third-order valence-corrected chi connectivity index (χ3v) is 5.54. The number of benzene rings is 1. The molecule has 9 heteroatoms. The molecule has 0 saturated carbocycles. The number of aromatic nitrogens is 1. The summed E-state index contributed by atoms with van der Waals surface area (Å²) in [5, 5.41) is 25.2. The standard InChI is InChI=1S/C23H30FN3O5/c1-11-10-14(8-9-15(11)24)25-20(29)16-12(2)17(27(7)13(16)3)18(28)21(30)26-19(22(31)32)23(4,5)6/h8-10,18-19,28H,1-7H3,(H,25,29)(H,26,30)(H,31,32)/t18?,19-/m1/s1. The highest BCUT2D eigenvalue weighted by molar-refractivity contribution is 6.06. The number of carboxylic acid groups (broad SMARTS) is 1. The fraction of sp³-hybridized carbons (Fsp3) is 0.435. The molecule has 2 rings (SSSR count). The number of nitrogens with one attached hydrogen (secondary N) is 2. The highest BCUT2D eigenvalue weighted by Gasteiger charge is 2.36. The number of carbonyl (C=O) groups excluding carboxylic acids is 2. The largest absolute Gasteiger partial charge is 0.480 e. The molecule has 1 unspecified atom stereocenters. The second kappa shape index (κ2) is 9.12. The van der Waals surface area contributed by atoms with E-state index in [9.17, 15) is 29.0 Å². The first-order valence-electron chi connectivity index (χ1n) is 10.1. The summed E-state index contributed by atoms with van der Waals surface area (Å²) < 4.78 is 15.0. The number of hydrogen-bond acceptors (Lipinski definition) is 4. The fourth-order valence-corrected chi connectivity index (χ4v) is 3.63. The summed E-state index contributed by atoms with van der Waals surface area (Å²) in [7, 11) is 1.60. The number of rotatable bonds is 6. The lowest BCUT2D eigenvalue weighted by atomic mass is 9.86. The molecule has 0 aliphatic carbocycles. The lowest BCUT2D eigenvalue weighted by Crippen LogP contribution is -2.50. The zero-order valence-electron chi connectivity index (χ0n) is 19.3. The minimum atomic E-state index is -1.68. The molecule has 2 atom stereocenters. The molecule has 174 valence electrons. The second-order valence-corrected chi connectivity index (χ2v) is 9.00. The van der Waals surface area contributed by atoms with Gasteiger partial charge in [0.1, 0.15) is 11.9 Å². The van der Waals surface area contributed by atoms with Crippen molar-refractivity contribution in [2.75, 3.05) is 5.32 Å². The molecule has 1 aromatic heterocycles. The summed E-state index contributed by atoms with van der Waals surface area (Å²) in [5.74, 6) is -2.95. The molecule has 2 amide bonds. The molecule has 0 saturated heterocycles. The Balaban J connectivity index is 2.35. The average Bonchev–Trinajstić information content (AvgIpc) is 2.89. The van der Waals surface area contributed by atoms with Crippen LogP contribution in [0.15, 0.2) is 18.2 Å². The van der Waals surface area contributed by atoms with Gasteiger partial charge in [0.05, 0.1) is 11.3 Å². The zero-order valence-corrected chi connectivity index (χ0v) is 19.3. The van der Waals surface area contributed by atoms with Crippen LogP contribution in [-0.2, 0) is 16.6 Å². The van der Waals surface area contributed by atoms with Crippen molar-refractivity contribution >= 4 is 23.5 Å². The number of anilines is 1. The third kappa shape index (κ3) is 4.99. The molecule has 32 heavy (non-hydrogen) atoms. The Morgan fingerprint density at radius 2 is 1.72 bits per heavy atom. The third-order valence-electron chi connectivity index (χ3n) is 5.54. The Hall–Kier alpha value is -3.20. The van der Waals surface area contributed by atoms with Gasteiger partial charge in [-0.15, -0.1) is 0 Å². The summed E-state index contributed by atoms with van der Waals surface area (Å²) >= 11 is 0. The maximum Gasteiger partial charge on any atom is 0.326 e. The van der Waals surface area contributed by atoms with E-state index in [0.717, 1.165) is 0 Å². The minimum absolute atomic E-state index is 0.179. The van der Waals surface area contributed by atoms with Crippen molar-refractivity contribution in [2.45, 2.75) is 53.7 Å². The quantitative estimate of drug-likeness (QED) is 0.543. The van der Waals surface area contributed by atoms with E-state index in [4.69, 9.17) is 0 Å². The number of hydrogen-bond donors (Lipinski definition) is 4. The van der Waals surface area contributed by atoms with Crippen LogP contribution in [0, 0.1) is 32.0 Å². The molecule has 2 aromatic rings. The lowest BCUT2D eigenvalue weighted by Gasteiger charge is -2.28. The van der Waals surface area contributed by atoms with Gasteiger partial charge in [-0.2, -0.15) is 0 Å². The van der Waals surface area contributed by atoms with Gasteiger partial charge in [-0.1, -0.05) is 20.8 Å². The van der Waals surface area contributed by atoms with E-state index in [1.54, 1.807) is 48.6 Å². The van der Waals surface area contributed by atoms with E-state index in [1.807, 2.05) is 0 Å². The molecule has 0 aliphatic rings. The molecule has 0 aliphatic heterocycles. The van der Waals surface area contributed by atoms with E-state index < -0.39 is 35.3 Å². The number of aliphatic hydroxyl groups excluding tert-OH is 1. The van der Waals surface area contributed by atoms with Crippen LogP contribution >= 0.6 is 0 Å². The lowest BCUT2D eigenvalue weighted by molar-refractivity contribution is -0.146. The second-order valence-electron chi connectivity index (χ2n) is 9.00. The van der Waals surface area contributed by atoms with Crippen molar-refractivity contribution in [1.29, 1.82) is 0 Å². The van der Waals surface area contributed by atoms with Gasteiger partial charge in [-0.3, -0.25) is 9.59 Å². The maximum absolute atomic E-state index is 13.5. The van der Waals surface area contributed by atoms with Gasteiger partial charge in [0, 0.05) is 18.4 Å². The first-order chi connectivity index (χ1) is 14.7. The summed E-state index contributed by atoms with van der Waals surface area (Å²) in [6.45, 7) is 9.84. The van der Waals surface area contributed by atoms with Crippen LogP contribution < -0.4 is 10.6 Å². The summed E-state index contributed by atoms with van der Waals surface area (Å²) in [6, 6.07) is 2.98. The number of carbonyl (C=O) groups is 3. The van der Waals surface area contributed by atoms with Gasteiger partial charge < -0.3 is 25.4 Å². The zero-order chi connectivity index (χ0) is 24.5. The van der Waals surface area contributed by atoms with Crippen LogP contribution in [0.3, 0.4) is 0 Å². The molecular weight excluding hydrogens is 417 g/mol. The SMILES string of the molecule is Cc1cc(NC(=O)c2c(C)c(C(O)C(=O)N[C@H](C(=O)O)C(C)(C)C)n(C)c2C)ccc1F. The maximum atomic E-state index is 13.5. The van der Waals surface area contributed by atoms with Gasteiger partial charge in [0.15, 0.2) is 6.10 Å². The normalized spacial score (nSPS) is 13.4. The first-order valence-corrected chi connectivity index (χ1v) is 10.1. The van der Waals surface area contributed by atoms with Gasteiger partial charge in [-0.25, -0.2) is 9.18 Å². The van der Waals surface area contributed by atoms with Crippen LogP contribution in [-0.4, -0.2) is 38.6 Å². The van der Waals surface area contributed by atoms with Crippen molar-refractivity contribution < 1.29 is 29.0 Å². The Bertz CT molecular complexity index is 1070. The molecule has 4 N–H and O–H groups in total. The highest BCUT2D eigenvalue weighted by atomic mass is 19.1.